The van der Waals surface area contributed by atoms with Gasteiger partial charge in [-0.15, -0.1) is 0 Å². The first-order valence-electron chi connectivity index (χ1n) is 12.7. The fourth-order valence-electron chi connectivity index (χ4n) is 5.69. The van der Waals surface area contributed by atoms with Crippen molar-refractivity contribution in [3.63, 3.8) is 0 Å². The van der Waals surface area contributed by atoms with Gasteiger partial charge in [-0.05, 0) is 58.9 Å². The quantitative estimate of drug-likeness (QED) is 0.295. The standard InChI is InChI=1S/C30H25F3N2O4/c1-35-25(12-13-34-35)17-2-4-18(5-3-17)29-23-9-11-26(22(23)8-10-24(29)30(31,32)33)39-20-6-7-21-19(14-28(36)37)16-38-27(21)15-20/h2-8,10,12-13,15,19,26H,9,11,14,16H2,1H3,(H,36,37)/t19?,26-/m1/s1. The van der Waals surface area contributed by atoms with Crippen molar-refractivity contribution in [1.82, 2.24) is 9.78 Å². The monoisotopic (exact) mass is 534 g/mol. The van der Waals surface area contributed by atoms with Crippen LogP contribution in [0.5, 0.6) is 11.5 Å². The Morgan fingerprint density at radius 2 is 1.82 bits per heavy atom. The van der Waals surface area contributed by atoms with E-state index in [1.165, 1.54) is 6.07 Å². The number of benzene rings is 3. The van der Waals surface area contributed by atoms with E-state index in [0.29, 0.717) is 42.1 Å². The summed E-state index contributed by atoms with van der Waals surface area (Å²) in [5.74, 6) is 0.00880. The van der Waals surface area contributed by atoms with Gasteiger partial charge in [-0.2, -0.15) is 18.3 Å². The van der Waals surface area contributed by atoms with E-state index in [4.69, 9.17) is 14.6 Å². The zero-order chi connectivity index (χ0) is 27.3. The van der Waals surface area contributed by atoms with Gasteiger partial charge in [0.1, 0.15) is 17.6 Å². The predicted molar refractivity (Wildman–Crippen MR) is 138 cm³/mol. The van der Waals surface area contributed by atoms with E-state index in [-0.39, 0.29) is 17.9 Å². The van der Waals surface area contributed by atoms with Crippen LogP contribution in [0.15, 0.2) is 66.9 Å². The van der Waals surface area contributed by atoms with Crippen LogP contribution in [0.25, 0.3) is 22.4 Å². The molecule has 1 N–H and O–H groups in total. The topological polar surface area (TPSA) is 73.6 Å². The zero-order valence-corrected chi connectivity index (χ0v) is 21.0. The molecule has 9 heteroatoms. The van der Waals surface area contributed by atoms with Gasteiger partial charge in [0.25, 0.3) is 0 Å². The minimum absolute atomic E-state index is 0.0173. The van der Waals surface area contributed by atoms with Crippen LogP contribution in [-0.2, 0) is 24.4 Å². The minimum atomic E-state index is -4.51. The summed E-state index contributed by atoms with van der Waals surface area (Å²) in [4.78, 5) is 11.1. The normalized spacial score (nSPS) is 17.9. The summed E-state index contributed by atoms with van der Waals surface area (Å²) in [6.45, 7) is 0.292. The van der Waals surface area contributed by atoms with Crippen molar-refractivity contribution in [2.75, 3.05) is 6.61 Å². The van der Waals surface area contributed by atoms with Crippen LogP contribution in [0.3, 0.4) is 0 Å². The molecule has 6 rings (SSSR count). The summed E-state index contributed by atoms with van der Waals surface area (Å²) in [6, 6.07) is 16.9. The molecule has 0 amide bonds. The second kappa shape index (κ2) is 9.48. The van der Waals surface area contributed by atoms with Crippen molar-refractivity contribution >= 4 is 5.97 Å². The van der Waals surface area contributed by atoms with Crippen LogP contribution in [0.4, 0.5) is 13.2 Å². The summed E-state index contributed by atoms with van der Waals surface area (Å²) in [7, 11) is 1.82. The van der Waals surface area contributed by atoms with E-state index < -0.39 is 23.8 Å². The molecule has 1 aliphatic carbocycles. The second-order valence-corrected chi connectivity index (χ2v) is 9.92. The molecule has 200 valence electrons. The van der Waals surface area contributed by atoms with Gasteiger partial charge in [0, 0.05) is 30.8 Å². The van der Waals surface area contributed by atoms with Gasteiger partial charge in [0.2, 0.25) is 0 Å². The van der Waals surface area contributed by atoms with Crippen LogP contribution in [0.2, 0.25) is 0 Å². The highest BCUT2D eigenvalue weighted by Crippen LogP contribution is 2.47. The molecule has 0 bridgehead atoms. The molecule has 0 saturated heterocycles. The Hall–Kier alpha value is -4.27. The average molecular weight is 535 g/mol. The SMILES string of the molecule is Cn1nccc1-c1ccc(-c2c(C(F)(F)F)ccc3c2CC[C@H]3Oc2ccc3c(c2)OCC3CC(=O)O)cc1. The largest absolute Gasteiger partial charge is 0.492 e. The highest BCUT2D eigenvalue weighted by atomic mass is 19.4. The van der Waals surface area contributed by atoms with Crippen molar-refractivity contribution in [3.8, 4) is 33.9 Å². The highest BCUT2D eigenvalue weighted by molar-refractivity contribution is 5.76. The Bertz CT molecular complexity index is 1560. The number of carboxylic acid groups (broad SMARTS) is 1. The number of aliphatic carboxylic acids is 1. The van der Waals surface area contributed by atoms with E-state index >= 15 is 0 Å². The number of hydrogen-bond acceptors (Lipinski definition) is 4. The third-order valence-electron chi connectivity index (χ3n) is 7.51. The molecule has 0 fully saturated rings. The maximum Gasteiger partial charge on any atom is 0.417 e. The summed E-state index contributed by atoms with van der Waals surface area (Å²) >= 11 is 0. The molecule has 4 aromatic rings. The first-order valence-corrected chi connectivity index (χ1v) is 12.7. The Kier molecular flexibility index (Phi) is 6.09. The number of nitrogens with zero attached hydrogens (tertiary/aromatic N) is 2. The molecule has 0 radical (unpaired) electrons. The lowest BCUT2D eigenvalue weighted by atomic mass is 9.90. The summed E-state index contributed by atoms with van der Waals surface area (Å²) < 4.78 is 56.1. The number of fused-ring (bicyclic) bond motifs is 2. The van der Waals surface area contributed by atoms with Crippen LogP contribution in [-0.4, -0.2) is 27.5 Å². The fraction of sp³-hybridized carbons (Fsp3) is 0.267. The summed E-state index contributed by atoms with van der Waals surface area (Å²) in [5, 5.41) is 13.3. The fourth-order valence-corrected chi connectivity index (χ4v) is 5.69. The lowest BCUT2D eigenvalue weighted by Gasteiger charge is -2.20. The Morgan fingerprint density at radius 3 is 2.51 bits per heavy atom. The van der Waals surface area contributed by atoms with Crippen LogP contribution >= 0.6 is 0 Å². The Balaban J connectivity index is 1.32. The predicted octanol–water partition coefficient (Wildman–Crippen LogP) is 6.79. The molecule has 3 aromatic carbocycles. The van der Waals surface area contributed by atoms with Gasteiger partial charge in [-0.25, -0.2) is 0 Å². The highest BCUT2D eigenvalue weighted by Gasteiger charge is 2.38. The minimum Gasteiger partial charge on any atom is -0.492 e. The molecule has 1 unspecified atom stereocenters. The third kappa shape index (κ3) is 4.62. The van der Waals surface area contributed by atoms with Crippen molar-refractivity contribution in [2.45, 2.75) is 37.5 Å². The first kappa shape index (κ1) is 25.0. The van der Waals surface area contributed by atoms with E-state index in [1.54, 1.807) is 35.1 Å². The number of hydrogen-bond donors (Lipinski definition) is 1. The third-order valence-corrected chi connectivity index (χ3v) is 7.51. The van der Waals surface area contributed by atoms with Crippen molar-refractivity contribution < 1.29 is 32.5 Å². The van der Waals surface area contributed by atoms with Gasteiger partial charge in [0.15, 0.2) is 0 Å². The van der Waals surface area contributed by atoms with Crippen LogP contribution in [0, 0.1) is 0 Å². The average Bonchev–Trinajstić information content (AvgIpc) is 3.62. The lowest BCUT2D eigenvalue weighted by Crippen LogP contribution is -2.10. The van der Waals surface area contributed by atoms with Crippen molar-refractivity contribution in [2.24, 2.45) is 7.05 Å². The Morgan fingerprint density at radius 1 is 1.08 bits per heavy atom. The van der Waals surface area contributed by atoms with Gasteiger partial charge in [-0.3, -0.25) is 9.48 Å². The lowest BCUT2D eigenvalue weighted by molar-refractivity contribution is -0.138. The van der Waals surface area contributed by atoms with Gasteiger partial charge in [-0.1, -0.05) is 36.4 Å². The molecule has 1 aromatic heterocycles. The van der Waals surface area contributed by atoms with E-state index in [2.05, 4.69) is 5.10 Å². The van der Waals surface area contributed by atoms with E-state index in [9.17, 15) is 18.0 Å². The molecule has 6 nitrogen and oxygen atoms in total. The molecule has 2 heterocycles. The Labute approximate surface area is 222 Å². The molecule has 1 aliphatic heterocycles. The van der Waals surface area contributed by atoms with Crippen LogP contribution < -0.4 is 9.47 Å². The van der Waals surface area contributed by atoms with Gasteiger partial charge in [0.05, 0.1) is 24.3 Å². The molecule has 39 heavy (non-hydrogen) atoms. The molecule has 2 aliphatic rings. The first-order chi connectivity index (χ1) is 18.7. The molecular weight excluding hydrogens is 509 g/mol. The molecule has 0 spiro atoms. The number of carbonyl (C=O) groups is 1. The second-order valence-electron chi connectivity index (χ2n) is 9.92. The maximum absolute atomic E-state index is 14.1. The molecular formula is C30H25F3N2O4. The molecule has 0 saturated carbocycles. The van der Waals surface area contributed by atoms with E-state index in [0.717, 1.165) is 28.5 Å². The number of aromatic nitrogens is 2. The van der Waals surface area contributed by atoms with Gasteiger partial charge >= 0.3 is 12.1 Å². The number of carboxylic acids is 1. The van der Waals surface area contributed by atoms with Gasteiger partial charge < -0.3 is 14.6 Å². The van der Waals surface area contributed by atoms with Crippen molar-refractivity contribution in [3.05, 3.63) is 89.1 Å². The number of halogens is 3. The number of rotatable bonds is 6. The summed E-state index contributed by atoms with van der Waals surface area (Å²) in [6.07, 6.45) is -2.27. The summed E-state index contributed by atoms with van der Waals surface area (Å²) in [5.41, 5.74) is 3.97. The maximum atomic E-state index is 14.1. The number of aryl methyl sites for hydroxylation is 1. The van der Waals surface area contributed by atoms with E-state index in [1.807, 2.05) is 31.3 Å². The smallest absolute Gasteiger partial charge is 0.417 e. The van der Waals surface area contributed by atoms with Crippen LogP contribution in [0.1, 0.15) is 47.1 Å². The number of alkyl halides is 3. The number of ether oxygens (including phenoxy) is 2. The van der Waals surface area contributed by atoms with Crippen molar-refractivity contribution in [1.29, 1.82) is 0 Å². The molecule has 2 atom stereocenters. The zero-order valence-electron chi connectivity index (χ0n) is 21.0.